The Hall–Kier alpha value is -4.66. The Morgan fingerprint density at radius 2 is 1.93 bits per heavy atom. The number of aromatic nitrogens is 2. The Morgan fingerprint density at radius 1 is 1.07 bits per heavy atom. The number of nitrogens with one attached hydrogen (secondary N) is 2. The molecule has 214 valence electrons. The second-order valence-corrected chi connectivity index (χ2v) is 10.7. The summed E-state index contributed by atoms with van der Waals surface area (Å²) in [4.78, 5) is 17.5. The third kappa shape index (κ3) is 6.15. The number of hydrogen-bond donors (Lipinski definition) is 3. The van der Waals surface area contributed by atoms with Crippen molar-refractivity contribution in [1.29, 1.82) is 0 Å². The lowest BCUT2D eigenvalue weighted by atomic mass is 9.97. The molecule has 1 amide bonds. The van der Waals surface area contributed by atoms with Crippen LogP contribution in [0.15, 0.2) is 103 Å². The highest BCUT2D eigenvalue weighted by atomic mass is 16.5. The van der Waals surface area contributed by atoms with Gasteiger partial charge in [-0.2, -0.15) is 0 Å². The van der Waals surface area contributed by atoms with E-state index in [2.05, 4.69) is 75.6 Å². The Morgan fingerprint density at radius 3 is 2.74 bits per heavy atom. The Balaban J connectivity index is 1.10. The first-order valence-electron chi connectivity index (χ1n) is 14.3. The van der Waals surface area contributed by atoms with E-state index in [1.54, 1.807) is 18.3 Å². The molecule has 6 rings (SSSR count). The number of aryl methyl sites for hydroxylation is 1. The lowest BCUT2D eigenvalue weighted by Crippen LogP contribution is -2.31. The number of amides is 1. The van der Waals surface area contributed by atoms with Crippen molar-refractivity contribution in [3.05, 3.63) is 131 Å². The van der Waals surface area contributed by atoms with Crippen molar-refractivity contribution < 1.29 is 14.7 Å². The van der Waals surface area contributed by atoms with Crippen LogP contribution in [0.1, 0.15) is 45.2 Å². The van der Waals surface area contributed by atoms with E-state index in [-0.39, 0.29) is 11.9 Å². The van der Waals surface area contributed by atoms with Crippen molar-refractivity contribution in [3.8, 4) is 16.9 Å². The number of ether oxygens (including phenoxy) is 1. The van der Waals surface area contributed by atoms with Crippen LogP contribution >= 0.6 is 0 Å². The molecule has 8 nitrogen and oxygen atoms in total. The van der Waals surface area contributed by atoms with Crippen LogP contribution in [0.25, 0.3) is 11.1 Å². The third-order valence-electron chi connectivity index (χ3n) is 7.86. The van der Waals surface area contributed by atoms with Crippen LogP contribution in [0, 0.1) is 6.92 Å². The minimum atomic E-state index is -0.181. The normalized spacial score (nSPS) is 16.0. The molecule has 0 bridgehead atoms. The number of fused-ring (bicyclic) bond motifs is 1. The first kappa shape index (κ1) is 27.5. The van der Waals surface area contributed by atoms with Crippen LogP contribution in [0.4, 0.5) is 0 Å². The van der Waals surface area contributed by atoms with Crippen LogP contribution in [0.3, 0.4) is 0 Å². The number of nitrogens with zero attached hydrogens (tertiary/aromatic N) is 3. The second-order valence-electron chi connectivity index (χ2n) is 10.7. The summed E-state index contributed by atoms with van der Waals surface area (Å²) < 4.78 is 8.18. The summed E-state index contributed by atoms with van der Waals surface area (Å²) in [5.41, 5.74) is 8.51. The average molecular weight is 562 g/mol. The van der Waals surface area contributed by atoms with Gasteiger partial charge >= 0.3 is 0 Å². The van der Waals surface area contributed by atoms with E-state index in [0.29, 0.717) is 37.6 Å². The number of hydroxylamine groups is 2. The predicted octanol–water partition coefficient (Wildman–Crippen LogP) is 5.39. The fourth-order valence-electron chi connectivity index (χ4n) is 5.49. The van der Waals surface area contributed by atoms with Gasteiger partial charge in [-0.05, 0) is 46.9 Å². The van der Waals surface area contributed by atoms with E-state index in [1.165, 1.54) is 22.3 Å². The summed E-state index contributed by atoms with van der Waals surface area (Å²) in [6.07, 6.45) is 9.83. The van der Waals surface area contributed by atoms with Crippen molar-refractivity contribution in [2.24, 2.45) is 0 Å². The highest BCUT2D eigenvalue weighted by Crippen LogP contribution is 2.35. The van der Waals surface area contributed by atoms with Gasteiger partial charge in [0.2, 0.25) is 0 Å². The van der Waals surface area contributed by atoms with Crippen LogP contribution in [0.2, 0.25) is 0 Å². The van der Waals surface area contributed by atoms with Gasteiger partial charge in [-0.1, -0.05) is 66.7 Å². The summed E-state index contributed by atoms with van der Waals surface area (Å²) >= 11 is 0. The van der Waals surface area contributed by atoms with Gasteiger partial charge < -0.3 is 19.9 Å². The molecule has 2 aliphatic heterocycles. The lowest BCUT2D eigenvalue weighted by molar-refractivity contribution is -0.0306. The number of imidazole rings is 1. The molecular formula is C34H35N5O3. The van der Waals surface area contributed by atoms with E-state index < -0.39 is 0 Å². The summed E-state index contributed by atoms with van der Waals surface area (Å²) in [6.45, 7) is 4.83. The zero-order valence-corrected chi connectivity index (χ0v) is 23.7. The van der Waals surface area contributed by atoms with Crippen molar-refractivity contribution in [1.82, 2.24) is 25.2 Å². The molecule has 1 aromatic heterocycles. The van der Waals surface area contributed by atoms with Crippen molar-refractivity contribution in [2.75, 3.05) is 19.7 Å². The molecule has 0 spiro atoms. The van der Waals surface area contributed by atoms with Crippen LogP contribution in [-0.2, 0) is 13.1 Å². The third-order valence-corrected chi connectivity index (χ3v) is 7.86. The van der Waals surface area contributed by atoms with E-state index in [9.17, 15) is 10.0 Å². The molecule has 2 aliphatic rings. The fraction of sp³-hybridized carbons (Fsp3) is 0.235. The Labute approximate surface area is 245 Å². The van der Waals surface area contributed by atoms with Gasteiger partial charge in [0, 0.05) is 50.1 Å². The maximum atomic E-state index is 13.1. The largest absolute Gasteiger partial charge is 0.492 e. The molecule has 3 heterocycles. The van der Waals surface area contributed by atoms with Crippen molar-refractivity contribution >= 4 is 5.91 Å². The average Bonchev–Trinajstić information content (AvgIpc) is 3.46. The standard InChI is InChI=1S/C34H35N5O3/c1-24-5-2-3-6-29(24)27-11-9-26(10-12-27)22-38-23-35-20-28(38)21-36-32-15-18-42-33-30(32)7-4-8-31(33)34(40)37-19-25-13-16-39(41)17-14-25/h2-14,16,20,23,32,36,41H,15,17-19,21-22H2,1H3,(H,37,40). The first-order chi connectivity index (χ1) is 20.5. The zero-order chi connectivity index (χ0) is 28.9. The maximum Gasteiger partial charge on any atom is 0.255 e. The molecule has 3 aromatic carbocycles. The molecular weight excluding hydrogens is 526 g/mol. The Bertz CT molecular complexity index is 1620. The van der Waals surface area contributed by atoms with Crippen LogP contribution < -0.4 is 15.4 Å². The number of carbonyl (C=O) groups is 1. The maximum absolute atomic E-state index is 13.1. The first-order valence-corrected chi connectivity index (χ1v) is 14.3. The molecule has 0 saturated carbocycles. The summed E-state index contributed by atoms with van der Waals surface area (Å²) in [5, 5.41) is 17.2. The molecule has 3 N–H and O–H groups in total. The fourth-order valence-corrected chi connectivity index (χ4v) is 5.49. The van der Waals surface area contributed by atoms with E-state index in [4.69, 9.17) is 4.74 Å². The van der Waals surface area contributed by atoms with Crippen molar-refractivity contribution in [2.45, 2.75) is 32.5 Å². The summed E-state index contributed by atoms with van der Waals surface area (Å²) in [6, 6.07) is 23.0. The quantitative estimate of drug-likeness (QED) is 0.254. The minimum absolute atomic E-state index is 0.0535. The topological polar surface area (TPSA) is 91.6 Å². The van der Waals surface area contributed by atoms with Crippen LogP contribution in [-0.4, -0.2) is 45.4 Å². The smallest absolute Gasteiger partial charge is 0.255 e. The van der Waals surface area contributed by atoms with Gasteiger partial charge in [-0.15, -0.1) is 0 Å². The summed E-state index contributed by atoms with van der Waals surface area (Å²) in [7, 11) is 0. The van der Waals surface area contributed by atoms with Crippen molar-refractivity contribution in [3.63, 3.8) is 0 Å². The van der Waals surface area contributed by atoms with Gasteiger partial charge in [0.1, 0.15) is 5.75 Å². The van der Waals surface area contributed by atoms with Crippen LogP contribution in [0.5, 0.6) is 5.75 Å². The SMILES string of the molecule is Cc1ccccc1-c1ccc(Cn2cncc2CNC2CCOc3c(C(=O)NCC4=CCN(O)C=C4)cccc32)cc1. The van der Waals surface area contributed by atoms with Gasteiger partial charge in [-0.3, -0.25) is 15.1 Å². The molecule has 0 aliphatic carbocycles. The molecule has 1 atom stereocenters. The van der Waals surface area contributed by atoms with E-state index in [0.717, 1.165) is 34.9 Å². The molecule has 0 fully saturated rings. The molecule has 0 saturated heterocycles. The lowest BCUT2D eigenvalue weighted by Gasteiger charge is -2.28. The monoisotopic (exact) mass is 561 g/mol. The number of para-hydroxylation sites is 1. The highest BCUT2D eigenvalue weighted by molar-refractivity contribution is 5.97. The van der Waals surface area contributed by atoms with Gasteiger partial charge in [-0.25, -0.2) is 4.98 Å². The second kappa shape index (κ2) is 12.5. The number of hydrogen-bond acceptors (Lipinski definition) is 6. The molecule has 8 heteroatoms. The molecule has 0 radical (unpaired) electrons. The summed E-state index contributed by atoms with van der Waals surface area (Å²) in [5.74, 6) is 0.454. The zero-order valence-electron chi connectivity index (χ0n) is 23.7. The number of benzene rings is 3. The predicted molar refractivity (Wildman–Crippen MR) is 162 cm³/mol. The van der Waals surface area contributed by atoms with E-state index in [1.807, 2.05) is 30.7 Å². The van der Waals surface area contributed by atoms with E-state index >= 15 is 0 Å². The number of rotatable bonds is 9. The van der Waals surface area contributed by atoms with Gasteiger partial charge in [0.05, 0.1) is 30.7 Å². The molecule has 4 aromatic rings. The minimum Gasteiger partial charge on any atom is -0.492 e. The Kier molecular flexibility index (Phi) is 8.16. The van der Waals surface area contributed by atoms with Gasteiger partial charge in [0.15, 0.2) is 0 Å². The number of carbonyl (C=O) groups excluding carboxylic acids is 1. The molecule has 1 unspecified atom stereocenters. The highest BCUT2D eigenvalue weighted by Gasteiger charge is 2.26. The van der Waals surface area contributed by atoms with Gasteiger partial charge in [0.25, 0.3) is 5.91 Å². The molecule has 42 heavy (non-hydrogen) atoms.